The number of carbonyl (C=O) groups excluding carboxylic acids is 2. The third-order valence-electron chi connectivity index (χ3n) is 4.92. The predicted octanol–water partition coefficient (Wildman–Crippen LogP) is 2.40. The molecule has 6 nitrogen and oxygen atoms in total. The number of nitrogens with zero attached hydrogens (tertiary/aromatic N) is 2. The molecule has 9 heteroatoms. The maximum atomic E-state index is 12.5. The fourth-order valence-corrected chi connectivity index (χ4v) is 3.74. The number of halogens is 3. The molecule has 26 heavy (non-hydrogen) atoms. The average Bonchev–Trinajstić information content (AvgIpc) is 3.15. The Balaban J connectivity index is 1.51. The van der Waals surface area contributed by atoms with Gasteiger partial charge in [0, 0.05) is 24.5 Å². The molecular formula is C17H16F3N3O3. The Morgan fingerprint density at radius 2 is 2.08 bits per heavy atom. The van der Waals surface area contributed by atoms with Gasteiger partial charge in [0.05, 0.1) is 6.20 Å². The molecule has 2 aliphatic rings. The second kappa shape index (κ2) is 6.08. The standard InChI is InChI=1S/C17H16F3N3O3/c18-17(19,20)15(24)13-5-10-4-12(21-6-14(10)26-13)16(25)22-11-3-9-1-2-23(7-9)8-11/h4-6,9,11H,1-3,7-8H2,(H,22,25)/t9-,11+/m0/s1. The van der Waals surface area contributed by atoms with Crippen molar-refractivity contribution in [3.05, 3.63) is 29.8 Å². The summed E-state index contributed by atoms with van der Waals surface area (Å²) in [5, 5.41) is 3.16. The van der Waals surface area contributed by atoms with Gasteiger partial charge in [0.2, 0.25) is 0 Å². The summed E-state index contributed by atoms with van der Waals surface area (Å²) in [4.78, 5) is 29.9. The van der Waals surface area contributed by atoms with E-state index in [0.29, 0.717) is 5.92 Å². The van der Waals surface area contributed by atoms with E-state index in [9.17, 15) is 22.8 Å². The summed E-state index contributed by atoms with van der Waals surface area (Å²) < 4.78 is 42.4. The van der Waals surface area contributed by atoms with Gasteiger partial charge in [0.1, 0.15) is 5.69 Å². The number of rotatable bonds is 3. The largest absolute Gasteiger partial charge is 0.458 e. The number of fused-ring (bicyclic) bond motifs is 3. The molecule has 2 bridgehead atoms. The molecule has 1 N–H and O–H groups in total. The van der Waals surface area contributed by atoms with Crippen molar-refractivity contribution in [2.24, 2.45) is 5.92 Å². The first kappa shape index (κ1) is 17.0. The van der Waals surface area contributed by atoms with Crippen molar-refractivity contribution in [2.75, 3.05) is 19.6 Å². The van der Waals surface area contributed by atoms with Crippen LogP contribution in [0.4, 0.5) is 13.2 Å². The third-order valence-corrected chi connectivity index (χ3v) is 4.92. The van der Waals surface area contributed by atoms with Crippen molar-refractivity contribution >= 4 is 22.7 Å². The molecule has 0 aliphatic carbocycles. The Morgan fingerprint density at radius 1 is 1.27 bits per heavy atom. The molecule has 3 atom stereocenters. The van der Waals surface area contributed by atoms with Crippen LogP contribution in [0.15, 0.2) is 22.7 Å². The minimum atomic E-state index is -5.02. The highest BCUT2D eigenvalue weighted by Gasteiger charge is 2.41. The topological polar surface area (TPSA) is 75.4 Å². The van der Waals surface area contributed by atoms with Gasteiger partial charge < -0.3 is 14.6 Å². The summed E-state index contributed by atoms with van der Waals surface area (Å²) in [6.07, 6.45) is -1.80. The van der Waals surface area contributed by atoms with Gasteiger partial charge in [-0.2, -0.15) is 13.2 Å². The molecule has 0 aromatic carbocycles. The minimum absolute atomic E-state index is 0.0240. The highest BCUT2D eigenvalue weighted by atomic mass is 19.4. The first-order valence-electron chi connectivity index (χ1n) is 8.34. The van der Waals surface area contributed by atoms with Crippen molar-refractivity contribution < 1.29 is 27.2 Å². The number of hydrogen-bond acceptors (Lipinski definition) is 5. The quantitative estimate of drug-likeness (QED) is 0.844. The number of furan rings is 1. The van der Waals surface area contributed by atoms with Gasteiger partial charge >= 0.3 is 12.0 Å². The molecule has 138 valence electrons. The van der Waals surface area contributed by atoms with Crippen LogP contribution in [0.5, 0.6) is 0 Å². The number of pyridine rings is 1. The Hall–Kier alpha value is -2.42. The van der Waals surface area contributed by atoms with Gasteiger partial charge in [-0.1, -0.05) is 0 Å². The Labute approximate surface area is 146 Å². The zero-order valence-electron chi connectivity index (χ0n) is 13.7. The molecule has 2 aromatic rings. The summed E-state index contributed by atoms with van der Waals surface area (Å²) in [7, 11) is 0. The van der Waals surface area contributed by atoms with E-state index in [4.69, 9.17) is 4.42 Å². The number of ketones is 1. The average molecular weight is 367 g/mol. The van der Waals surface area contributed by atoms with E-state index in [2.05, 4.69) is 15.2 Å². The molecular weight excluding hydrogens is 351 g/mol. The number of Topliss-reactive ketones (excluding diaryl/α,β-unsaturated/α-hetero) is 1. The Kier molecular flexibility index (Phi) is 3.98. The van der Waals surface area contributed by atoms with Crippen molar-refractivity contribution in [3.8, 4) is 0 Å². The normalized spacial score (nSPS) is 25.4. The van der Waals surface area contributed by atoms with Gasteiger partial charge in [-0.05, 0) is 37.4 Å². The monoisotopic (exact) mass is 367 g/mol. The van der Waals surface area contributed by atoms with Crippen LogP contribution in [0.25, 0.3) is 11.0 Å². The van der Waals surface area contributed by atoms with Gasteiger partial charge in [-0.25, -0.2) is 4.98 Å². The summed E-state index contributed by atoms with van der Waals surface area (Å²) in [6.45, 7) is 2.91. The van der Waals surface area contributed by atoms with Gasteiger partial charge in [0.25, 0.3) is 5.91 Å². The lowest BCUT2D eigenvalue weighted by molar-refractivity contribution is -0.0898. The van der Waals surface area contributed by atoms with E-state index in [1.165, 1.54) is 6.07 Å². The van der Waals surface area contributed by atoms with Crippen LogP contribution in [-0.4, -0.2) is 53.4 Å². The summed E-state index contributed by atoms with van der Waals surface area (Å²) in [5.74, 6) is -2.67. The number of hydrogen-bond donors (Lipinski definition) is 1. The van der Waals surface area contributed by atoms with Crippen LogP contribution in [0.2, 0.25) is 0 Å². The first-order chi connectivity index (χ1) is 12.3. The number of carbonyl (C=O) groups is 2. The van der Waals surface area contributed by atoms with Crippen LogP contribution in [0, 0.1) is 5.92 Å². The number of aromatic nitrogens is 1. The van der Waals surface area contributed by atoms with Crippen molar-refractivity contribution in [1.29, 1.82) is 0 Å². The fraction of sp³-hybridized carbons (Fsp3) is 0.471. The van der Waals surface area contributed by atoms with E-state index in [1.54, 1.807) is 0 Å². The molecule has 0 radical (unpaired) electrons. The lowest BCUT2D eigenvalue weighted by atomic mass is 9.97. The summed E-state index contributed by atoms with van der Waals surface area (Å²) in [5.41, 5.74) is 0.105. The lowest BCUT2D eigenvalue weighted by Crippen LogP contribution is -2.47. The SMILES string of the molecule is O=C(N[C@@H]1C[C@@H]2CCN(C2)C1)c1cc2cc(C(=O)C(F)(F)F)oc2cn1. The van der Waals surface area contributed by atoms with Crippen LogP contribution in [0.1, 0.15) is 33.9 Å². The molecule has 4 rings (SSSR count). The third kappa shape index (κ3) is 3.18. The fourth-order valence-electron chi connectivity index (χ4n) is 3.74. The molecule has 2 fully saturated rings. The van der Waals surface area contributed by atoms with Crippen molar-refractivity contribution in [1.82, 2.24) is 15.2 Å². The molecule has 0 spiro atoms. The number of amides is 1. The van der Waals surface area contributed by atoms with Gasteiger partial charge in [0.15, 0.2) is 11.3 Å². The first-order valence-corrected chi connectivity index (χ1v) is 8.34. The molecule has 0 saturated carbocycles. The predicted molar refractivity (Wildman–Crippen MR) is 84.8 cm³/mol. The molecule has 2 saturated heterocycles. The van der Waals surface area contributed by atoms with E-state index in [-0.39, 0.29) is 28.6 Å². The maximum Gasteiger partial charge on any atom is 0.458 e. The Morgan fingerprint density at radius 3 is 2.81 bits per heavy atom. The highest BCUT2D eigenvalue weighted by Crippen LogP contribution is 2.28. The zero-order chi connectivity index (χ0) is 18.5. The minimum Gasteiger partial charge on any atom is -0.451 e. The maximum absolute atomic E-state index is 12.5. The van der Waals surface area contributed by atoms with Crippen LogP contribution in [0.3, 0.4) is 0 Å². The molecule has 1 unspecified atom stereocenters. The van der Waals surface area contributed by atoms with Crippen molar-refractivity contribution in [2.45, 2.75) is 25.1 Å². The number of piperidine rings is 1. The zero-order valence-corrected chi connectivity index (χ0v) is 13.7. The van der Waals surface area contributed by atoms with Gasteiger partial charge in [-0.15, -0.1) is 0 Å². The number of alkyl halides is 3. The van der Waals surface area contributed by atoms with E-state index in [0.717, 1.165) is 44.7 Å². The van der Waals surface area contributed by atoms with E-state index in [1.807, 2.05) is 0 Å². The number of nitrogens with one attached hydrogen (secondary N) is 1. The molecule has 2 aromatic heterocycles. The van der Waals surface area contributed by atoms with E-state index < -0.39 is 17.7 Å². The van der Waals surface area contributed by atoms with Crippen LogP contribution in [-0.2, 0) is 0 Å². The van der Waals surface area contributed by atoms with Gasteiger partial charge in [-0.3, -0.25) is 9.59 Å². The van der Waals surface area contributed by atoms with Crippen molar-refractivity contribution in [3.63, 3.8) is 0 Å². The second-order valence-electron chi connectivity index (χ2n) is 6.87. The summed E-state index contributed by atoms with van der Waals surface area (Å²) >= 11 is 0. The van der Waals surface area contributed by atoms with Crippen LogP contribution < -0.4 is 5.32 Å². The summed E-state index contributed by atoms with van der Waals surface area (Å²) in [6, 6.07) is 2.35. The van der Waals surface area contributed by atoms with Crippen LogP contribution >= 0.6 is 0 Å². The molecule has 1 amide bonds. The smallest absolute Gasteiger partial charge is 0.451 e. The Bertz CT molecular complexity index is 865. The molecule has 2 aliphatic heterocycles. The lowest BCUT2D eigenvalue weighted by Gasteiger charge is -2.30. The van der Waals surface area contributed by atoms with E-state index >= 15 is 0 Å². The second-order valence-corrected chi connectivity index (χ2v) is 6.87. The molecule has 4 heterocycles. The highest BCUT2D eigenvalue weighted by molar-refractivity contribution is 6.02.